The van der Waals surface area contributed by atoms with Crippen molar-refractivity contribution in [2.75, 3.05) is 12.8 Å². The van der Waals surface area contributed by atoms with Crippen molar-refractivity contribution >= 4 is 26.8 Å². The van der Waals surface area contributed by atoms with E-state index in [0.29, 0.717) is 23.9 Å². The molecule has 8 nitrogen and oxygen atoms in total. The van der Waals surface area contributed by atoms with Gasteiger partial charge in [-0.1, -0.05) is 24.3 Å². The molecule has 0 saturated carbocycles. The van der Waals surface area contributed by atoms with Gasteiger partial charge in [0.25, 0.3) is 11.5 Å². The number of aliphatic hydroxyl groups is 1. The van der Waals surface area contributed by atoms with E-state index in [9.17, 15) is 27.5 Å². The van der Waals surface area contributed by atoms with Crippen LogP contribution in [0, 0.1) is 5.82 Å². The molecule has 0 saturated heterocycles. The normalized spacial score (nSPS) is 11.5. The van der Waals surface area contributed by atoms with Crippen LogP contribution in [0.3, 0.4) is 0 Å². The van der Waals surface area contributed by atoms with E-state index in [2.05, 4.69) is 15.3 Å². The molecule has 2 aromatic heterocycles. The Bertz CT molecular complexity index is 1580. The number of hydrogen-bond acceptors (Lipinski definition) is 6. The van der Waals surface area contributed by atoms with Crippen molar-refractivity contribution in [1.29, 1.82) is 0 Å². The number of hydrogen-bond donors (Lipinski definition) is 3. The van der Waals surface area contributed by atoms with Gasteiger partial charge in [0.15, 0.2) is 9.84 Å². The average Bonchev–Trinajstić information content (AvgIpc) is 2.84. The van der Waals surface area contributed by atoms with Crippen LogP contribution in [0.1, 0.15) is 32.6 Å². The van der Waals surface area contributed by atoms with Crippen molar-refractivity contribution in [3.63, 3.8) is 0 Å². The molecule has 3 N–H and O–H groups in total. The Morgan fingerprint density at radius 3 is 2.36 bits per heavy atom. The van der Waals surface area contributed by atoms with Crippen LogP contribution in [-0.4, -0.2) is 42.2 Å². The molecule has 2 heterocycles. The first kappa shape index (κ1) is 25.2. The maximum absolute atomic E-state index is 13.2. The Kier molecular flexibility index (Phi) is 7.27. The fraction of sp³-hybridized carbons (Fsp3) is 0.192. The standard InChI is InChI=1S/C26H24FN3O5S/c1-36(34,35)20-8-4-16(5-9-20)10-11-28-25(32)23-21(15-31)24-22(30-26(23)33)13-18(14-29-24)12-17-2-6-19(27)7-3-17/h2-9,13-14,31H,10-12,15H2,1H3,(H,28,32)(H,30,33). The van der Waals surface area contributed by atoms with Gasteiger partial charge >= 0.3 is 0 Å². The largest absolute Gasteiger partial charge is 0.392 e. The molecule has 1 amide bonds. The van der Waals surface area contributed by atoms with Gasteiger partial charge in [-0.2, -0.15) is 0 Å². The van der Waals surface area contributed by atoms with Gasteiger partial charge in [-0.05, 0) is 59.9 Å². The molecule has 0 atom stereocenters. The van der Waals surface area contributed by atoms with Crippen molar-refractivity contribution in [1.82, 2.24) is 15.3 Å². The quantitative estimate of drug-likeness (QED) is 0.335. The number of rotatable bonds is 8. The van der Waals surface area contributed by atoms with Crippen LogP contribution in [0.15, 0.2) is 70.5 Å². The number of pyridine rings is 2. The molecule has 0 fully saturated rings. The second-order valence-corrected chi connectivity index (χ2v) is 10.4. The summed E-state index contributed by atoms with van der Waals surface area (Å²) in [6, 6.07) is 14.1. The van der Waals surface area contributed by atoms with Crippen molar-refractivity contribution in [2.45, 2.75) is 24.3 Å². The van der Waals surface area contributed by atoms with Gasteiger partial charge in [0.1, 0.15) is 11.4 Å². The summed E-state index contributed by atoms with van der Waals surface area (Å²) in [5.74, 6) is -0.977. The smallest absolute Gasteiger partial charge is 0.261 e. The molecular weight excluding hydrogens is 485 g/mol. The fourth-order valence-electron chi connectivity index (χ4n) is 3.92. The molecule has 0 aliphatic rings. The Labute approximate surface area is 206 Å². The molecule has 36 heavy (non-hydrogen) atoms. The zero-order valence-corrected chi connectivity index (χ0v) is 20.2. The molecular formula is C26H24FN3O5S. The minimum Gasteiger partial charge on any atom is -0.392 e. The number of aliphatic hydroxyl groups excluding tert-OH is 1. The average molecular weight is 510 g/mol. The van der Waals surface area contributed by atoms with Crippen molar-refractivity contribution < 1.29 is 22.7 Å². The van der Waals surface area contributed by atoms with Gasteiger partial charge in [0.05, 0.1) is 22.5 Å². The Morgan fingerprint density at radius 1 is 1.06 bits per heavy atom. The zero-order chi connectivity index (χ0) is 25.9. The second kappa shape index (κ2) is 10.4. The molecule has 0 aliphatic heterocycles. The molecule has 0 spiro atoms. The monoisotopic (exact) mass is 509 g/mol. The number of sulfone groups is 1. The lowest BCUT2D eigenvalue weighted by molar-refractivity contribution is 0.0949. The molecule has 186 valence electrons. The van der Waals surface area contributed by atoms with Crippen LogP contribution in [0.4, 0.5) is 4.39 Å². The summed E-state index contributed by atoms with van der Waals surface area (Å²) < 4.78 is 36.3. The first-order valence-electron chi connectivity index (χ1n) is 11.1. The SMILES string of the molecule is CS(=O)(=O)c1ccc(CCNC(=O)c2c(CO)c3ncc(Cc4ccc(F)cc4)cc3[nH]c2=O)cc1. The minimum atomic E-state index is -3.29. The number of halogens is 1. The number of nitrogens with zero attached hydrogens (tertiary/aromatic N) is 1. The maximum Gasteiger partial charge on any atom is 0.261 e. The number of nitrogens with one attached hydrogen (secondary N) is 2. The second-order valence-electron chi connectivity index (χ2n) is 8.43. The number of amides is 1. The Morgan fingerprint density at radius 2 is 1.72 bits per heavy atom. The third kappa shape index (κ3) is 5.67. The van der Waals surface area contributed by atoms with E-state index in [1.54, 1.807) is 36.5 Å². The molecule has 4 aromatic rings. The first-order valence-corrected chi connectivity index (χ1v) is 13.0. The highest BCUT2D eigenvalue weighted by atomic mass is 32.2. The highest BCUT2D eigenvalue weighted by molar-refractivity contribution is 7.90. The third-order valence-electron chi connectivity index (χ3n) is 5.76. The van der Waals surface area contributed by atoms with E-state index >= 15 is 0 Å². The van der Waals surface area contributed by atoms with Gasteiger partial charge in [0, 0.05) is 24.6 Å². The number of benzene rings is 2. The van der Waals surface area contributed by atoms with Crippen molar-refractivity contribution in [3.05, 3.63) is 105 Å². The van der Waals surface area contributed by atoms with E-state index in [1.807, 2.05) is 0 Å². The molecule has 0 unspecified atom stereocenters. The van der Waals surface area contributed by atoms with Crippen molar-refractivity contribution in [2.24, 2.45) is 0 Å². The topological polar surface area (TPSA) is 129 Å². The number of aromatic amines is 1. The molecule has 0 radical (unpaired) electrons. The van der Waals surface area contributed by atoms with Gasteiger partial charge in [0.2, 0.25) is 0 Å². The molecule has 2 aromatic carbocycles. The number of aromatic nitrogens is 2. The summed E-state index contributed by atoms with van der Waals surface area (Å²) in [7, 11) is -3.29. The van der Waals surface area contributed by atoms with E-state index in [-0.39, 0.29) is 28.4 Å². The van der Waals surface area contributed by atoms with Crippen LogP contribution in [0.5, 0.6) is 0 Å². The number of H-pyrrole nitrogens is 1. The summed E-state index contributed by atoms with van der Waals surface area (Å²) in [5.41, 5.74) is 2.40. The van der Waals surface area contributed by atoms with Crippen LogP contribution in [0.25, 0.3) is 11.0 Å². The lowest BCUT2D eigenvalue weighted by Crippen LogP contribution is -2.33. The summed E-state index contributed by atoms with van der Waals surface area (Å²) in [5, 5.41) is 12.6. The summed E-state index contributed by atoms with van der Waals surface area (Å²) in [6.45, 7) is -0.357. The summed E-state index contributed by atoms with van der Waals surface area (Å²) >= 11 is 0. The number of carbonyl (C=O) groups is 1. The van der Waals surface area contributed by atoms with Gasteiger partial charge in [-0.15, -0.1) is 0 Å². The molecule has 10 heteroatoms. The van der Waals surface area contributed by atoms with E-state index in [1.165, 1.54) is 24.3 Å². The molecule has 0 aliphatic carbocycles. The van der Waals surface area contributed by atoms with Crippen LogP contribution in [0.2, 0.25) is 0 Å². The van der Waals surface area contributed by atoms with Crippen LogP contribution < -0.4 is 10.9 Å². The molecule has 4 rings (SSSR count). The van der Waals surface area contributed by atoms with Gasteiger partial charge in [-0.3, -0.25) is 14.6 Å². The predicted octanol–water partition coefficient (Wildman–Crippen LogP) is 2.52. The van der Waals surface area contributed by atoms with Gasteiger partial charge in [-0.25, -0.2) is 12.8 Å². The Hall–Kier alpha value is -3.89. The Balaban J connectivity index is 1.51. The highest BCUT2D eigenvalue weighted by Gasteiger charge is 2.20. The lowest BCUT2D eigenvalue weighted by atomic mass is 10.0. The van der Waals surface area contributed by atoms with Crippen LogP contribution >= 0.6 is 0 Å². The van der Waals surface area contributed by atoms with Gasteiger partial charge < -0.3 is 15.4 Å². The number of fused-ring (bicyclic) bond motifs is 1. The van der Waals surface area contributed by atoms with E-state index in [4.69, 9.17) is 0 Å². The third-order valence-corrected chi connectivity index (χ3v) is 6.89. The summed E-state index contributed by atoms with van der Waals surface area (Å²) in [6.07, 6.45) is 3.60. The first-order chi connectivity index (χ1) is 17.2. The van der Waals surface area contributed by atoms with Crippen LogP contribution in [-0.2, 0) is 29.3 Å². The minimum absolute atomic E-state index is 0.122. The predicted molar refractivity (Wildman–Crippen MR) is 133 cm³/mol. The molecule has 0 bridgehead atoms. The fourth-order valence-corrected chi connectivity index (χ4v) is 4.56. The van der Waals surface area contributed by atoms with E-state index < -0.39 is 27.9 Å². The highest BCUT2D eigenvalue weighted by Crippen LogP contribution is 2.19. The maximum atomic E-state index is 13.2. The summed E-state index contributed by atoms with van der Waals surface area (Å²) in [4.78, 5) is 32.8. The lowest BCUT2D eigenvalue weighted by Gasteiger charge is -2.12. The zero-order valence-electron chi connectivity index (χ0n) is 19.4. The van der Waals surface area contributed by atoms with Crippen molar-refractivity contribution in [3.8, 4) is 0 Å². The number of carbonyl (C=O) groups excluding carboxylic acids is 1. The van der Waals surface area contributed by atoms with E-state index in [0.717, 1.165) is 22.9 Å².